The average Bonchev–Trinajstić information content (AvgIpc) is 2.39. The summed E-state index contributed by atoms with van der Waals surface area (Å²) in [5, 5.41) is 1.72. The third kappa shape index (κ3) is 1.18. The van der Waals surface area contributed by atoms with Crippen LogP contribution in [0.1, 0.15) is 6.92 Å². The van der Waals surface area contributed by atoms with Crippen LogP contribution in [0, 0.1) is 5.92 Å². The topological polar surface area (TPSA) is 26.0 Å². The van der Waals surface area contributed by atoms with Gasteiger partial charge < -0.3 is 5.73 Å². The van der Waals surface area contributed by atoms with E-state index in [-0.39, 0.29) is 0 Å². The third-order valence-electron chi connectivity index (χ3n) is 2.26. The molecule has 0 fully saturated rings. The summed E-state index contributed by atoms with van der Waals surface area (Å²) < 4.78 is 0. The van der Waals surface area contributed by atoms with E-state index in [2.05, 4.69) is 26.6 Å². The summed E-state index contributed by atoms with van der Waals surface area (Å²) in [7, 11) is -0.971. The van der Waals surface area contributed by atoms with Crippen LogP contribution >= 0.6 is 0 Å². The van der Waals surface area contributed by atoms with Crippen molar-refractivity contribution >= 4 is 8.07 Å². The summed E-state index contributed by atoms with van der Waals surface area (Å²) in [6.07, 6.45) is 0. The SMILES string of the molecule is CC1=C([Si](C)(C)C)C1CN. The van der Waals surface area contributed by atoms with Crippen molar-refractivity contribution in [3.05, 3.63) is 10.8 Å². The van der Waals surface area contributed by atoms with Crippen molar-refractivity contribution in [2.75, 3.05) is 6.54 Å². The molecule has 0 amide bonds. The van der Waals surface area contributed by atoms with Gasteiger partial charge in [0.15, 0.2) is 0 Å². The molecule has 0 saturated carbocycles. The number of hydrogen-bond acceptors (Lipinski definition) is 1. The molecule has 0 aromatic rings. The molecule has 1 rings (SSSR count). The van der Waals surface area contributed by atoms with E-state index >= 15 is 0 Å². The monoisotopic (exact) mass is 155 g/mol. The molecule has 1 atom stereocenters. The molecule has 0 aromatic heterocycles. The van der Waals surface area contributed by atoms with E-state index in [0.29, 0.717) is 5.92 Å². The fourth-order valence-electron chi connectivity index (χ4n) is 1.80. The molecule has 1 nitrogen and oxygen atoms in total. The van der Waals surface area contributed by atoms with Crippen LogP contribution in [0.3, 0.4) is 0 Å². The number of rotatable bonds is 2. The Balaban J connectivity index is 2.62. The maximum absolute atomic E-state index is 5.59. The Hall–Kier alpha value is -0.0831. The normalized spacial score (nSPS) is 25.5. The van der Waals surface area contributed by atoms with Gasteiger partial charge in [0.1, 0.15) is 0 Å². The summed E-state index contributed by atoms with van der Waals surface area (Å²) in [4.78, 5) is 0. The van der Waals surface area contributed by atoms with Crippen LogP contribution in [0.4, 0.5) is 0 Å². The Bertz CT molecular complexity index is 176. The third-order valence-corrected chi connectivity index (χ3v) is 4.62. The first kappa shape index (κ1) is 8.02. The van der Waals surface area contributed by atoms with Gasteiger partial charge >= 0.3 is 0 Å². The molecule has 58 valence electrons. The molecule has 10 heavy (non-hydrogen) atoms. The van der Waals surface area contributed by atoms with Gasteiger partial charge in [0.2, 0.25) is 0 Å². The largest absolute Gasteiger partial charge is 0.330 e. The van der Waals surface area contributed by atoms with Gasteiger partial charge in [-0.25, -0.2) is 0 Å². The molecule has 1 aliphatic rings. The minimum atomic E-state index is -0.971. The van der Waals surface area contributed by atoms with Crippen LogP contribution in [0.25, 0.3) is 0 Å². The lowest BCUT2D eigenvalue weighted by molar-refractivity contribution is 0.874. The Morgan fingerprint density at radius 2 is 1.90 bits per heavy atom. The predicted molar refractivity (Wildman–Crippen MR) is 48.6 cm³/mol. The molecule has 1 unspecified atom stereocenters. The molecule has 0 bridgehead atoms. The van der Waals surface area contributed by atoms with Gasteiger partial charge in [0.25, 0.3) is 0 Å². The Morgan fingerprint density at radius 1 is 1.40 bits per heavy atom. The Morgan fingerprint density at radius 3 is 2.00 bits per heavy atom. The molecular weight excluding hydrogens is 138 g/mol. The van der Waals surface area contributed by atoms with E-state index in [1.54, 1.807) is 10.8 Å². The van der Waals surface area contributed by atoms with E-state index in [1.165, 1.54) is 0 Å². The van der Waals surface area contributed by atoms with E-state index in [4.69, 9.17) is 5.73 Å². The van der Waals surface area contributed by atoms with Gasteiger partial charge in [-0.3, -0.25) is 0 Å². The first-order valence-corrected chi connectivity index (χ1v) is 7.39. The van der Waals surface area contributed by atoms with E-state index in [1.807, 2.05) is 0 Å². The minimum Gasteiger partial charge on any atom is -0.330 e. The molecular formula is C8H17NSi. The highest BCUT2D eigenvalue weighted by atomic mass is 28.3. The molecule has 0 radical (unpaired) electrons. The lowest BCUT2D eigenvalue weighted by Crippen LogP contribution is -2.22. The van der Waals surface area contributed by atoms with Crippen molar-refractivity contribution in [1.29, 1.82) is 0 Å². The average molecular weight is 155 g/mol. The van der Waals surface area contributed by atoms with Gasteiger partial charge in [-0.15, -0.1) is 0 Å². The van der Waals surface area contributed by atoms with Crippen molar-refractivity contribution in [3.63, 3.8) is 0 Å². The Labute approximate surface area is 64.3 Å². The zero-order chi connectivity index (χ0) is 7.94. The first-order chi connectivity index (χ1) is 4.48. The molecule has 0 spiro atoms. The summed E-state index contributed by atoms with van der Waals surface area (Å²) in [5.74, 6) is 0.701. The minimum absolute atomic E-state index is 0.701. The molecule has 0 aliphatic heterocycles. The second kappa shape index (κ2) is 2.21. The molecule has 2 heteroatoms. The van der Waals surface area contributed by atoms with Crippen LogP contribution in [0.5, 0.6) is 0 Å². The van der Waals surface area contributed by atoms with Gasteiger partial charge in [-0.05, 0) is 6.92 Å². The molecule has 0 heterocycles. The van der Waals surface area contributed by atoms with Gasteiger partial charge in [0.05, 0.1) is 8.07 Å². The molecule has 0 aromatic carbocycles. The van der Waals surface area contributed by atoms with Crippen LogP contribution in [-0.4, -0.2) is 14.6 Å². The summed E-state index contributed by atoms with van der Waals surface area (Å²) >= 11 is 0. The van der Waals surface area contributed by atoms with E-state index in [0.717, 1.165) is 6.54 Å². The lowest BCUT2D eigenvalue weighted by Gasteiger charge is -2.12. The molecule has 0 saturated heterocycles. The van der Waals surface area contributed by atoms with Crippen LogP contribution in [0.15, 0.2) is 10.8 Å². The second-order valence-corrected chi connectivity index (χ2v) is 9.17. The Kier molecular flexibility index (Phi) is 1.77. The first-order valence-electron chi connectivity index (χ1n) is 3.89. The van der Waals surface area contributed by atoms with Crippen molar-refractivity contribution in [1.82, 2.24) is 0 Å². The molecule has 1 aliphatic carbocycles. The van der Waals surface area contributed by atoms with E-state index < -0.39 is 8.07 Å². The van der Waals surface area contributed by atoms with Crippen molar-refractivity contribution < 1.29 is 0 Å². The van der Waals surface area contributed by atoms with Crippen LogP contribution in [0.2, 0.25) is 19.6 Å². The summed E-state index contributed by atoms with van der Waals surface area (Å²) in [5.41, 5.74) is 7.18. The zero-order valence-electron chi connectivity index (χ0n) is 7.36. The fourth-order valence-corrected chi connectivity index (χ4v) is 4.47. The zero-order valence-corrected chi connectivity index (χ0v) is 8.36. The maximum atomic E-state index is 5.59. The quantitative estimate of drug-likeness (QED) is 0.604. The number of nitrogens with two attached hydrogens (primary N) is 1. The highest BCUT2D eigenvalue weighted by molar-refractivity contribution is 6.84. The van der Waals surface area contributed by atoms with Crippen molar-refractivity contribution in [2.24, 2.45) is 11.7 Å². The van der Waals surface area contributed by atoms with Gasteiger partial charge in [-0.2, -0.15) is 0 Å². The van der Waals surface area contributed by atoms with Gasteiger partial charge in [0, 0.05) is 12.5 Å². The summed E-state index contributed by atoms with van der Waals surface area (Å²) in [6, 6.07) is 0. The van der Waals surface area contributed by atoms with Gasteiger partial charge in [-0.1, -0.05) is 30.4 Å². The highest BCUT2D eigenvalue weighted by Gasteiger charge is 2.39. The fraction of sp³-hybridized carbons (Fsp3) is 0.750. The van der Waals surface area contributed by atoms with Crippen LogP contribution < -0.4 is 5.73 Å². The van der Waals surface area contributed by atoms with Crippen molar-refractivity contribution in [2.45, 2.75) is 26.6 Å². The second-order valence-electron chi connectivity index (χ2n) is 4.13. The predicted octanol–water partition coefficient (Wildman–Crippen LogP) is 1.77. The molecule has 2 N–H and O–H groups in total. The smallest absolute Gasteiger partial charge is 0.0732 e. The van der Waals surface area contributed by atoms with Crippen molar-refractivity contribution in [3.8, 4) is 0 Å². The van der Waals surface area contributed by atoms with E-state index in [9.17, 15) is 0 Å². The highest BCUT2D eigenvalue weighted by Crippen LogP contribution is 2.43. The summed E-state index contributed by atoms with van der Waals surface area (Å²) in [6.45, 7) is 10.2. The van der Waals surface area contributed by atoms with Crippen LogP contribution in [-0.2, 0) is 0 Å². The lowest BCUT2D eigenvalue weighted by atomic mass is 10.3. The number of hydrogen-bond donors (Lipinski definition) is 1. The maximum Gasteiger partial charge on any atom is 0.0732 e. The standard InChI is InChI=1S/C8H17NSi/c1-6-7(5-9)8(6)10(2,3)4/h7H,5,9H2,1-4H3.